The smallest absolute Gasteiger partial charge is 0.00980 e. The molecule has 2 saturated heterocycles. The van der Waals surface area contributed by atoms with E-state index in [4.69, 9.17) is 5.73 Å². The Morgan fingerprint density at radius 1 is 1.29 bits per heavy atom. The molecule has 82 valence electrons. The third-order valence-electron chi connectivity index (χ3n) is 4.29. The standard InChI is InChI=1S/C12H24N2/c1-10(9-13)11-5-7-14-6-3-2-4-12(14)8-11/h10-12H,2-9,13H2,1H3. The average molecular weight is 196 g/mol. The monoisotopic (exact) mass is 196 g/mol. The van der Waals surface area contributed by atoms with Crippen molar-refractivity contribution < 1.29 is 0 Å². The molecule has 2 heteroatoms. The van der Waals surface area contributed by atoms with Crippen molar-refractivity contribution >= 4 is 0 Å². The molecule has 14 heavy (non-hydrogen) atoms. The summed E-state index contributed by atoms with van der Waals surface area (Å²) in [5.74, 6) is 1.64. The zero-order valence-corrected chi connectivity index (χ0v) is 9.41. The summed E-state index contributed by atoms with van der Waals surface area (Å²) >= 11 is 0. The lowest BCUT2D eigenvalue weighted by molar-refractivity contribution is 0.0627. The second kappa shape index (κ2) is 4.63. The van der Waals surface area contributed by atoms with Gasteiger partial charge in [0, 0.05) is 6.04 Å². The van der Waals surface area contributed by atoms with Crippen LogP contribution in [0.2, 0.25) is 0 Å². The molecule has 0 bridgehead atoms. The maximum absolute atomic E-state index is 5.76. The van der Waals surface area contributed by atoms with Crippen molar-refractivity contribution in [1.82, 2.24) is 4.90 Å². The molecule has 0 saturated carbocycles. The predicted octanol–water partition coefficient (Wildman–Crippen LogP) is 1.85. The van der Waals surface area contributed by atoms with Crippen LogP contribution in [-0.4, -0.2) is 30.6 Å². The zero-order valence-electron chi connectivity index (χ0n) is 9.41. The van der Waals surface area contributed by atoms with Crippen molar-refractivity contribution in [3.05, 3.63) is 0 Å². The molecule has 0 aromatic carbocycles. The van der Waals surface area contributed by atoms with Crippen LogP contribution in [0.25, 0.3) is 0 Å². The van der Waals surface area contributed by atoms with Gasteiger partial charge in [0.25, 0.3) is 0 Å². The first-order valence-electron chi connectivity index (χ1n) is 6.25. The molecule has 2 fully saturated rings. The summed E-state index contributed by atoms with van der Waals surface area (Å²) in [6.07, 6.45) is 7.11. The van der Waals surface area contributed by atoms with E-state index < -0.39 is 0 Å². The number of rotatable bonds is 2. The molecule has 0 aliphatic carbocycles. The predicted molar refractivity (Wildman–Crippen MR) is 60.2 cm³/mol. The molecule has 2 aliphatic heterocycles. The molecular formula is C12H24N2. The van der Waals surface area contributed by atoms with E-state index in [0.717, 1.165) is 24.4 Å². The van der Waals surface area contributed by atoms with Gasteiger partial charge < -0.3 is 10.6 Å². The number of piperidine rings is 2. The molecule has 0 aromatic rings. The van der Waals surface area contributed by atoms with Crippen molar-refractivity contribution in [2.24, 2.45) is 17.6 Å². The van der Waals surface area contributed by atoms with Crippen molar-refractivity contribution in [3.63, 3.8) is 0 Å². The van der Waals surface area contributed by atoms with Crippen LogP contribution in [0.15, 0.2) is 0 Å². The normalized spacial score (nSPS) is 36.4. The zero-order chi connectivity index (χ0) is 9.97. The number of nitrogens with zero attached hydrogens (tertiary/aromatic N) is 1. The summed E-state index contributed by atoms with van der Waals surface area (Å²) < 4.78 is 0. The Balaban J connectivity index is 1.89. The van der Waals surface area contributed by atoms with Crippen molar-refractivity contribution in [2.45, 2.75) is 45.1 Å². The van der Waals surface area contributed by atoms with Gasteiger partial charge in [0.1, 0.15) is 0 Å². The molecule has 0 radical (unpaired) electrons. The Kier molecular flexibility index (Phi) is 3.45. The Hall–Kier alpha value is -0.0800. The van der Waals surface area contributed by atoms with E-state index in [1.807, 2.05) is 0 Å². The van der Waals surface area contributed by atoms with Gasteiger partial charge in [-0.2, -0.15) is 0 Å². The molecule has 2 aliphatic rings. The number of hydrogen-bond acceptors (Lipinski definition) is 2. The second-order valence-electron chi connectivity index (χ2n) is 5.18. The van der Waals surface area contributed by atoms with Crippen LogP contribution >= 0.6 is 0 Å². The van der Waals surface area contributed by atoms with Crippen molar-refractivity contribution in [1.29, 1.82) is 0 Å². The van der Waals surface area contributed by atoms with Crippen LogP contribution in [0, 0.1) is 11.8 Å². The third kappa shape index (κ3) is 2.12. The maximum Gasteiger partial charge on any atom is 0.00980 e. The van der Waals surface area contributed by atoms with E-state index in [0.29, 0.717) is 0 Å². The molecule has 3 unspecified atom stereocenters. The fourth-order valence-corrected chi connectivity index (χ4v) is 3.13. The molecule has 2 rings (SSSR count). The number of nitrogens with two attached hydrogens (primary N) is 1. The van der Waals surface area contributed by atoms with Gasteiger partial charge in [0.15, 0.2) is 0 Å². The summed E-state index contributed by atoms with van der Waals surface area (Å²) in [5, 5.41) is 0. The average Bonchev–Trinajstić information content (AvgIpc) is 2.27. The van der Waals surface area contributed by atoms with Crippen LogP contribution in [-0.2, 0) is 0 Å². The molecular weight excluding hydrogens is 172 g/mol. The lowest BCUT2D eigenvalue weighted by Crippen LogP contribution is -2.46. The minimum Gasteiger partial charge on any atom is -0.330 e. The van der Waals surface area contributed by atoms with E-state index in [-0.39, 0.29) is 0 Å². The molecule has 0 aromatic heterocycles. The van der Waals surface area contributed by atoms with Gasteiger partial charge in [0.05, 0.1) is 0 Å². The molecule has 0 amide bonds. The van der Waals surface area contributed by atoms with Gasteiger partial charge in [-0.05, 0) is 57.2 Å². The van der Waals surface area contributed by atoms with Gasteiger partial charge in [-0.15, -0.1) is 0 Å². The van der Waals surface area contributed by atoms with Crippen LogP contribution < -0.4 is 5.73 Å². The molecule has 0 spiro atoms. The lowest BCUT2D eigenvalue weighted by Gasteiger charge is -2.43. The van der Waals surface area contributed by atoms with Gasteiger partial charge in [-0.25, -0.2) is 0 Å². The Morgan fingerprint density at radius 2 is 2.14 bits per heavy atom. The van der Waals surface area contributed by atoms with Crippen molar-refractivity contribution in [3.8, 4) is 0 Å². The molecule has 3 atom stereocenters. The highest BCUT2D eigenvalue weighted by molar-refractivity contribution is 4.86. The first-order chi connectivity index (χ1) is 6.81. The largest absolute Gasteiger partial charge is 0.330 e. The van der Waals surface area contributed by atoms with E-state index in [9.17, 15) is 0 Å². The Labute approximate surface area is 87.8 Å². The fourth-order valence-electron chi connectivity index (χ4n) is 3.13. The van der Waals surface area contributed by atoms with Gasteiger partial charge in [-0.3, -0.25) is 0 Å². The number of hydrogen-bond donors (Lipinski definition) is 1. The van der Waals surface area contributed by atoms with Crippen LogP contribution in [0.3, 0.4) is 0 Å². The van der Waals surface area contributed by atoms with Gasteiger partial charge in [0.2, 0.25) is 0 Å². The van der Waals surface area contributed by atoms with E-state index in [1.165, 1.54) is 45.2 Å². The second-order valence-corrected chi connectivity index (χ2v) is 5.18. The molecule has 2 heterocycles. The topological polar surface area (TPSA) is 29.3 Å². The number of fused-ring (bicyclic) bond motifs is 1. The summed E-state index contributed by atoms with van der Waals surface area (Å²) in [4.78, 5) is 2.71. The van der Waals surface area contributed by atoms with Crippen LogP contribution in [0.4, 0.5) is 0 Å². The van der Waals surface area contributed by atoms with Gasteiger partial charge in [-0.1, -0.05) is 13.3 Å². The van der Waals surface area contributed by atoms with Gasteiger partial charge >= 0.3 is 0 Å². The van der Waals surface area contributed by atoms with Crippen molar-refractivity contribution in [2.75, 3.05) is 19.6 Å². The highest BCUT2D eigenvalue weighted by Gasteiger charge is 2.31. The third-order valence-corrected chi connectivity index (χ3v) is 4.29. The minimum absolute atomic E-state index is 0.735. The Morgan fingerprint density at radius 3 is 2.93 bits per heavy atom. The SMILES string of the molecule is CC(CN)C1CCN2CCCCC2C1. The summed E-state index contributed by atoms with van der Waals surface area (Å²) in [5.41, 5.74) is 5.76. The van der Waals surface area contributed by atoms with Crippen LogP contribution in [0.1, 0.15) is 39.0 Å². The fraction of sp³-hybridized carbons (Fsp3) is 1.00. The summed E-state index contributed by atoms with van der Waals surface area (Å²) in [7, 11) is 0. The highest BCUT2D eigenvalue weighted by Crippen LogP contribution is 2.32. The summed E-state index contributed by atoms with van der Waals surface area (Å²) in [6.45, 7) is 5.88. The van der Waals surface area contributed by atoms with E-state index >= 15 is 0 Å². The quantitative estimate of drug-likeness (QED) is 0.730. The molecule has 2 nitrogen and oxygen atoms in total. The van der Waals surface area contributed by atoms with E-state index in [1.54, 1.807) is 0 Å². The maximum atomic E-state index is 5.76. The Bertz CT molecular complexity index is 181. The first-order valence-corrected chi connectivity index (χ1v) is 6.25. The van der Waals surface area contributed by atoms with E-state index in [2.05, 4.69) is 11.8 Å². The van der Waals surface area contributed by atoms with Crippen LogP contribution in [0.5, 0.6) is 0 Å². The molecule has 2 N–H and O–H groups in total. The summed E-state index contributed by atoms with van der Waals surface area (Å²) in [6, 6.07) is 0.900. The highest BCUT2D eigenvalue weighted by atomic mass is 15.2. The lowest BCUT2D eigenvalue weighted by atomic mass is 9.79. The first kappa shape index (κ1) is 10.4. The minimum atomic E-state index is 0.735.